The summed E-state index contributed by atoms with van der Waals surface area (Å²) in [6.45, 7) is 0. The average molecular weight is 147 g/mol. The van der Waals surface area contributed by atoms with E-state index in [0.717, 1.165) is 19.3 Å². The second-order valence-electron chi connectivity index (χ2n) is 2.52. The van der Waals surface area contributed by atoms with Gasteiger partial charge in [0.2, 0.25) is 0 Å². The third-order valence-electron chi connectivity index (χ3n) is 1.63. The zero-order chi connectivity index (χ0) is 6.04. The van der Waals surface area contributed by atoms with E-state index in [-0.39, 0.29) is 17.9 Å². The van der Waals surface area contributed by atoms with Crippen LogP contribution in [0.1, 0.15) is 25.7 Å². The minimum atomic E-state index is 0. The van der Waals surface area contributed by atoms with Crippen molar-refractivity contribution in [3.05, 3.63) is 0 Å². The maximum atomic E-state index is 8.15. The van der Waals surface area contributed by atoms with Crippen LogP contribution in [-0.4, -0.2) is 5.54 Å². The summed E-state index contributed by atoms with van der Waals surface area (Å²) in [5.74, 6) is 0. The molecule has 0 bridgehead atoms. The van der Waals surface area contributed by atoms with Gasteiger partial charge in [-0.2, -0.15) is 5.26 Å². The number of hydrogen-bond acceptors (Lipinski definition) is 2. The normalized spacial score (nSPS) is 19.6. The van der Waals surface area contributed by atoms with Gasteiger partial charge in [0.25, 0.3) is 0 Å². The second-order valence-corrected chi connectivity index (χ2v) is 2.52. The smallest absolute Gasteiger partial charge is 0.0622 e. The van der Waals surface area contributed by atoms with Gasteiger partial charge in [-0.25, -0.2) is 0 Å². The van der Waals surface area contributed by atoms with Gasteiger partial charge in [0.05, 0.1) is 6.07 Å². The SMILES string of the molecule is Cl.N#CCCC1(N)CC1. The highest BCUT2D eigenvalue weighted by atomic mass is 35.5. The molecule has 1 saturated carbocycles. The standard InChI is InChI=1S/C6H10N2.ClH/c7-5-1-2-6(8)3-4-6;/h1-4,8H2;1H. The number of nitrogens with two attached hydrogens (primary N) is 1. The molecule has 0 heterocycles. The van der Waals surface area contributed by atoms with Crippen molar-refractivity contribution in [3.63, 3.8) is 0 Å². The molecule has 0 aromatic rings. The fourth-order valence-corrected chi connectivity index (χ4v) is 0.715. The molecule has 0 aliphatic heterocycles. The molecule has 1 aliphatic carbocycles. The topological polar surface area (TPSA) is 49.8 Å². The molecule has 0 spiro atoms. The van der Waals surface area contributed by atoms with Crippen LogP contribution in [0.15, 0.2) is 0 Å². The Balaban J connectivity index is 0.000000640. The fraction of sp³-hybridized carbons (Fsp3) is 0.833. The number of nitrogens with zero attached hydrogens (tertiary/aromatic N) is 1. The third kappa shape index (κ3) is 2.69. The molecule has 3 heteroatoms. The lowest BCUT2D eigenvalue weighted by Crippen LogP contribution is -2.20. The first-order valence-corrected chi connectivity index (χ1v) is 2.93. The largest absolute Gasteiger partial charge is 0.325 e. The first kappa shape index (κ1) is 8.74. The Morgan fingerprint density at radius 2 is 2.11 bits per heavy atom. The van der Waals surface area contributed by atoms with E-state index < -0.39 is 0 Å². The number of hydrogen-bond donors (Lipinski definition) is 1. The van der Waals surface area contributed by atoms with E-state index in [9.17, 15) is 0 Å². The molecular weight excluding hydrogens is 136 g/mol. The van der Waals surface area contributed by atoms with Gasteiger partial charge in [0.1, 0.15) is 0 Å². The van der Waals surface area contributed by atoms with Crippen LogP contribution in [0.4, 0.5) is 0 Å². The zero-order valence-electron chi connectivity index (χ0n) is 5.26. The Morgan fingerprint density at radius 3 is 2.44 bits per heavy atom. The minimum Gasteiger partial charge on any atom is -0.325 e. The van der Waals surface area contributed by atoms with Gasteiger partial charge < -0.3 is 5.73 Å². The second kappa shape index (κ2) is 3.05. The highest BCUT2D eigenvalue weighted by Gasteiger charge is 2.36. The first-order valence-electron chi connectivity index (χ1n) is 2.93. The Hall–Kier alpha value is -0.260. The molecule has 0 radical (unpaired) electrons. The summed E-state index contributed by atoms with van der Waals surface area (Å²) in [6, 6.07) is 2.08. The Kier molecular flexibility index (Phi) is 2.96. The Labute approximate surface area is 61.4 Å². The zero-order valence-corrected chi connectivity index (χ0v) is 6.08. The van der Waals surface area contributed by atoms with Crippen molar-refractivity contribution in [3.8, 4) is 6.07 Å². The van der Waals surface area contributed by atoms with Gasteiger partial charge in [-0.15, -0.1) is 12.4 Å². The first-order chi connectivity index (χ1) is 3.77. The number of nitriles is 1. The highest BCUT2D eigenvalue weighted by molar-refractivity contribution is 5.85. The molecule has 9 heavy (non-hydrogen) atoms. The van der Waals surface area contributed by atoms with Crippen LogP contribution >= 0.6 is 12.4 Å². The molecule has 2 nitrogen and oxygen atoms in total. The maximum absolute atomic E-state index is 8.15. The number of rotatable bonds is 2. The van der Waals surface area contributed by atoms with Crippen molar-refractivity contribution in [2.45, 2.75) is 31.2 Å². The van der Waals surface area contributed by atoms with Crippen molar-refractivity contribution in [2.24, 2.45) is 5.73 Å². The van der Waals surface area contributed by atoms with Crippen molar-refractivity contribution >= 4 is 12.4 Å². The fourth-order valence-electron chi connectivity index (χ4n) is 0.715. The van der Waals surface area contributed by atoms with E-state index in [0.29, 0.717) is 6.42 Å². The van der Waals surface area contributed by atoms with E-state index in [4.69, 9.17) is 11.0 Å². The molecule has 0 atom stereocenters. The lowest BCUT2D eigenvalue weighted by Gasteiger charge is -2.01. The lowest BCUT2D eigenvalue weighted by molar-refractivity contribution is 0.621. The predicted molar refractivity (Wildman–Crippen MR) is 38.2 cm³/mol. The van der Waals surface area contributed by atoms with Crippen LogP contribution in [0.3, 0.4) is 0 Å². The summed E-state index contributed by atoms with van der Waals surface area (Å²) in [7, 11) is 0. The van der Waals surface area contributed by atoms with Crippen LogP contribution in [0.5, 0.6) is 0 Å². The van der Waals surface area contributed by atoms with E-state index in [1.54, 1.807) is 0 Å². The minimum absolute atomic E-state index is 0. The van der Waals surface area contributed by atoms with Gasteiger partial charge in [-0.3, -0.25) is 0 Å². The van der Waals surface area contributed by atoms with Crippen molar-refractivity contribution in [1.29, 1.82) is 5.26 Å². The highest BCUT2D eigenvalue weighted by Crippen LogP contribution is 2.36. The molecule has 0 saturated heterocycles. The molecule has 0 amide bonds. The van der Waals surface area contributed by atoms with Crippen molar-refractivity contribution < 1.29 is 0 Å². The van der Waals surface area contributed by atoms with Crippen LogP contribution in [0, 0.1) is 11.3 Å². The van der Waals surface area contributed by atoms with Crippen LogP contribution < -0.4 is 5.73 Å². The molecule has 0 aromatic carbocycles. The molecule has 1 aliphatic rings. The van der Waals surface area contributed by atoms with E-state index >= 15 is 0 Å². The quantitative estimate of drug-likeness (QED) is 0.637. The molecule has 1 fully saturated rings. The third-order valence-corrected chi connectivity index (χ3v) is 1.63. The predicted octanol–water partition coefficient (Wildman–Crippen LogP) is 1.20. The summed E-state index contributed by atoms with van der Waals surface area (Å²) in [6.07, 6.45) is 3.75. The van der Waals surface area contributed by atoms with Crippen molar-refractivity contribution in [1.82, 2.24) is 0 Å². The summed E-state index contributed by atoms with van der Waals surface area (Å²) >= 11 is 0. The van der Waals surface area contributed by atoms with Gasteiger partial charge in [-0.05, 0) is 19.3 Å². The monoisotopic (exact) mass is 146 g/mol. The molecular formula is C6H11ClN2. The average Bonchev–Trinajstić information content (AvgIpc) is 2.45. The Bertz CT molecular complexity index is 124. The van der Waals surface area contributed by atoms with Gasteiger partial charge >= 0.3 is 0 Å². The van der Waals surface area contributed by atoms with E-state index in [1.165, 1.54) is 0 Å². The maximum Gasteiger partial charge on any atom is 0.0622 e. The Morgan fingerprint density at radius 1 is 1.56 bits per heavy atom. The molecule has 52 valence electrons. The molecule has 1 rings (SSSR count). The van der Waals surface area contributed by atoms with Crippen LogP contribution in [0.25, 0.3) is 0 Å². The van der Waals surface area contributed by atoms with E-state index in [2.05, 4.69) is 6.07 Å². The molecule has 0 aromatic heterocycles. The van der Waals surface area contributed by atoms with Crippen molar-refractivity contribution in [2.75, 3.05) is 0 Å². The van der Waals surface area contributed by atoms with Gasteiger partial charge in [-0.1, -0.05) is 0 Å². The summed E-state index contributed by atoms with van der Waals surface area (Å²) in [5, 5.41) is 8.15. The summed E-state index contributed by atoms with van der Waals surface area (Å²) in [5.41, 5.74) is 5.76. The van der Waals surface area contributed by atoms with Crippen LogP contribution in [-0.2, 0) is 0 Å². The number of halogens is 1. The molecule has 0 unspecified atom stereocenters. The lowest BCUT2D eigenvalue weighted by atomic mass is 10.1. The van der Waals surface area contributed by atoms with Gasteiger partial charge in [0, 0.05) is 12.0 Å². The summed E-state index contributed by atoms with van der Waals surface area (Å²) in [4.78, 5) is 0. The molecule has 2 N–H and O–H groups in total. The summed E-state index contributed by atoms with van der Waals surface area (Å²) < 4.78 is 0. The van der Waals surface area contributed by atoms with Crippen LogP contribution in [0.2, 0.25) is 0 Å². The van der Waals surface area contributed by atoms with E-state index in [1.807, 2.05) is 0 Å². The van der Waals surface area contributed by atoms with Gasteiger partial charge in [0.15, 0.2) is 0 Å².